The minimum absolute atomic E-state index is 0. The van der Waals surface area contributed by atoms with Crippen LogP contribution >= 0.6 is 0 Å². The monoisotopic (exact) mass is 273 g/mol. The molecule has 0 aliphatic carbocycles. The average molecular weight is 273 g/mol. The molecule has 0 nitrogen and oxygen atoms in total. The molecule has 0 amide bonds. The summed E-state index contributed by atoms with van der Waals surface area (Å²) in [5.41, 5.74) is 0. The molecular weight excluding hydrogens is 273 g/mol. The van der Waals surface area contributed by atoms with Crippen molar-refractivity contribution in [1.29, 1.82) is 0 Å². The molecule has 0 bridgehead atoms. The predicted octanol–water partition coefficient (Wildman–Crippen LogP) is -12.0. The van der Waals surface area contributed by atoms with Crippen LogP contribution in [0.3, 0.4) is 0 Å². The van der Waals surface area contributed by atoms with Gasteiger partial charge in [-0.3, -0.25) is 0 Å². The Morgan fingerprint density at radius 3 is 0.400 bits per heavy atom. The second kappa shape index (κ2) is 252. The van der Waals surface area contributed by atoms with Gasteiger partial charge in [0.2, 0.25) is 0 Å². The second-order valence-corrected chi connectivity index (χ2v) is 0. The molecule has 0 saturated carbocycles. The van der Waals surface area contributed by atoms with E-state index < -0.39 is 0 Å². The van der Waals surface area contributed by atoms with E-state index in [1.807, 2.05) is 0 Å². The third kappa shape index (κ3) is 127. The molecule has 0 rings (SSSR count). The number of hydrogen-bond donors (Lipinski definition) is 0. The molecule has 1 radical (unpaired) electrons. The standard InChI is InChI=1S/Au.4FH/h;4*1H/p-4. The molecule has 0 aromatic carbocycles. The third-order valence-corrected chi connectivity index (χ3v) is 0. The van der Waals surface area contributed by atoms with Gasteiger partial charge in [-0.25, -0.2) is 0 Å². The van der Waals surface area contributed by atoms with Crippen molar-refractivity contribution in [1.82, 2.24) is 0 Å². The summed E-state index contributed by atoms with van der Waals surface area (Å²) in [6.07, 6.45) is 0. The molecule has 0 aliphatic heterocycles. The fraction of sp³-hybridized carbons (Fsp3) is 0. The van der Waals surface area contributed by atoms with Gasteiger partial charge in [0.15, 0.2) is 0 Å². The van der Waals surface area contributed by atoms with Gasteiger partial charge in [-0.05, 0) is 0 Å². The molecular formula is AuF4-4. The first-order valence-electron chi connectivity index (χ1n) is 0. The molecule has 0 saturated heterocycles. The van der Waals surface area contributed by atoms with Crippen molar-refractivity contribution in [2.24, 2.45) is 0 Å². The normalized spacial score (nSPS) is 0. The van der Waals surface area contributed by atoms with E-state index in [-0.39, 0.29) is 41.2 Å². The van der Waals surface area contributed by atoms with Gasteiger partial charge in [-0.15, -0.1) is 0 Å². The van der Waals surface area contributed by atoms with E-state index in [1.54, 1.807) is 0 Å². The van der Waals surface area contributed by atoms with Crippen LogP contribution in [0.1, 0.15) is 0 Å². The quantitative estimate of drug-likeness (QED) is 0.304. The molecule has 0 spiro atoms. The van der Waals surface area contributed by atoms with Gasteiger partial charge in [0.05, 0.1) is 0 Å². The van der Waals surface area contributed by atoms with Crippen molar-refractivity contribution in [2.75, 3.05) is 0 Å². The molecule has 5 heavy (non-hydrogen) atoms. The van der Waals surface area contributed by atoms with E-state index in [4.69, 9.17) is 0 Å². The summed E-state index contributed by atoms with van der Waals surface area (Å²) in [6, 6.07) is 0. The molecule has 5 heteroatoms. The van der Waals surface area contributed by atoms with E-state index in [9.17, 15) is 0 Å². The largest absolute Gasteiger partial charge is 1.00 e. The molecule has 0 aliphatic rings. The Labute approximate surface area is 41.9 Å². The topological polar surface area (TPSA) is 0 Å². The maximum atomic E-state index is 0. The van der Waals surface area contributed by atoms with Crippen molar-refractivity contribution in [3.05, 3.63) is 0 Å². The summed E-state index contributed by atoms with van der Waals surface area (Å²) in [7, 11) is 0. The molecule has 0 aromatic rings. The van der Waals surface area contributed by atoms with Crippen molar-refractivity contribution >= 4 is 0 Å². The third-order valence-electron chi connectivity index (χ3n) is 0. The van der Waals surface area contributed by atoms with Crippen molar-refractivity contribution in [3.8, 4) is 0 Å². The Hall–Kier alpha value is 0.460. The van der Waals surface area contributed by atoms with Crippen LogP contribution in [0.5, 0.6) is 0 Å². The molecule has 0 fully saturated rings. The van der Waals surface area contributed by atoms with Crippen LogP contribution in [0, 0.1) is 0 Å². The summed E-state index contributed by atoms with van der Waals surface area (Å²) in [5.74, 6) is 0. The van der Waals surface area contributed by atoms with Crippen LogP contribution in [0.4, 0.5) is 0 Å². The molecule has 0 aromatic heterocycles. The number of rotatable bonds is 0. The molecule has 0 N–H and O–H groups in total. The van der Waals surface area contributed by atoms with Crippen molar-refractivity contribution in [3.63, 3.8) is 0 Å². The molecule has 43 valence electrons. The Balaban J connectivity index is 0. The first-order valence-corrected chi connectivity index (χ1v) is 0. The number of halogens is 4. The fourth-order valence-electron chi connectivity index (χ4n) is 0. The summed E-state index contributed by atoms with van der Waals surface area (Å²) in [6.45, 7) is 0. The maximum absolute atomic E-state index is 0. The van der Waals surface area contributed by atoms with E-state index in [0.29, 0.717) is 0 Å². The van der Waals surface area contributed by atoms with Gasteiger partial charge in [0.25, 0.3) is 0 Å². The minimum Gasteiger partial charge on any atom is -1.00 e. The predicted molar refractivity (Wildman–Crippen MR) is 0 cm³/mol. The zero-order chi connectivity index (χ0) is 0. The Morgan fingerprint density at radius 1 is 0.400 bits per heavy atom. The summed E-state index contributed by atoms with van der Waals surface area (Å²) in [5, 5.41) is 0. The van der Waals surface area contributed by atoms with E-state index >= 15 is 0 Å². The molecule has 0 atom stereocenters. The smallest absolute Gasteiger partial charge is 0 e. The van der Waals surface area contributed by atoms with E-state index in [0.717, 1.165) is 0 Å². The van der Waals surface area contributed by atoms with Gasteiger partial charge < -0.3 is 18.8 Å². The zero-order valence-corrected chi connectivity index (χ0v) is 3.98. The Bertz CT molecular complexity index is 3.61. The van der Waals surface area contributed by atoms with Gasteiger partial charge in [0.1, 0.15) is 0 Å². The summed E-state index contributed by atoms with van der Waals surface area (Å²) in [4.78, 5) is 0. The maximum Gasteiger partial charge on any atom is 0 e. The Morgan fingerprint density at radius 2 is 0.400 bits per heavy atom. The average Bonchev–Trinajstić information content (AvgIpc) is 0. The molecule has 0 unspecified atom stereocenters. The van der Waals surface area contributed by atoms with Crippen LogP contribution in [0.15, 0.2) is 0 Å². The first kappa shape index (κ1) is 513. The SMILES string of the molecule is [Au].[F-].[F-].[F-].[F-]. The summed E-state index contributed by atoms with van der Waals surface area (Å²) >= 11 is 0. The van der Waals surface area contributed by atoms with Crippen molar-refractivity contribution < 1.29 is 41.2 Å². The Kier molecular flexibility index (Phi) is 25900. The van der Waals surface area contributed by atoms with Gasteiger partial charge in [0, 0.05) is 22.4 Å². The fourth-order valence-corrected chi connectivity index (χ4v) is 0. The minimum atomic E-state index is 0. The zero-order valence-electron chi connectivity index (χ0n) is 1.81. The first-order chi connectivity index (χ1) is 0. The van der Waals surface area contributed by atoms with Gasteiger partial charge >= 0.3 is 0 Å². The summed E-state index contributed by atoms with van der Waals surface area (Å²) < 4.78 is 0. The van der Waals surface area contributed by atoms with Crippen LogP contribution in [0.2, 0.25) is 0 Å². The van der Waals surface area contributed by atoms with E-state index in [1.165, 1.54) is 0 Å². The van der Waals surface area contributed by atoms with Crippen LogP contribution in [-0.2, 0) is 22.4 Å². The van der Waals surface area contributed by atoms with Gasteiger partial charge in [-0.2, -0.15) is 0 Å². The van der Waals surface area contributed by atoms with E-state index in [2.05, 4.69) is 0 Å². The second-order valence-electron chi connectivity index (χ2n) is 0. The van der Waals surface area contributed by atoms with Crippen LogP contribution in [-0.4, -0.2) is 0 Å². The van der Waals surface area contributed by atoms with Crippen LogP contribution < -0.4 is 18.8 Å². The molecule has 0 heterocycles. The van der Waals surface area contributed by atoms with Crippen LogP contribution in [0.25, 0.3) is 0 Å². The van der Waals surface area contributed by atoms with Gasteiger partial charge in [-0.1, -0.05) is 0 Å². The van der Waals surface area contributed by atoms with Crippen molar-refractivity contribution in [2.45, 2.75) is 0 Å². The number of hydrogen-bond acceptors (Lipinski definition) is 0.